The molecule has 0 radical (unpaired) electrons. The molecule has 1 N–H and O–H groups in total. The van der Waals surface area contributed by atoms with E-state index >= 15 is 0 Å². The molecule has 6 heteroatoms. The van der Waals surface area contributed by atoms with Gasteiger partial charge >= 0.3 is 0 Å². The van der Waals surface area contributed by atoms with E-state index in [1.165, 1.54) is 13.2 Å². The Morgan fingerprint density at radius 3 is 2.49 bits per heavy atom. The van der Waals surface area contributed by atoms with Crippen LogP contribution >= 0.6 is 0 Å². The molecule has 35 heavy (non-hydrogen) atoms. The van der Waals surface area contributed by atoms with Gasteiger partial charge in [0, 0.05) is 41.9 Å². The predicted molar refractivity (Wildman–Crippen MR) is 132 cm³/mol. The molecule has 1 unspecified atom stereocenters. The van der Waals surface area contributed by atoms with Gasteiger partial charge in [0.25, 0.3) is 0 Å². The highest BCUT2D eigenvalue weighted by Crippen LogP contribution is 2.65. The molecule has 2 fully saturated rings. The second kappa shape index (κ2) is 7.57. The largest absolute Gasteiger partial charge is 0.507 e. The third-order valence-corrected chi connectivity index (χ3v) is 8.17. The maximum absolute atomic E-state index is 14.4. The summed E-state index contributed by atoms with van der Waals surface area (Å²) in [6, 6.07) is 1.46. The molecular weight excluding hydrogens is 444 g/mol. The first kappa shape index (κ1) is 23.9. The second-order valence-corrected chi connectivity index (χ2v) is 11.4. The molecule has 5 aliphatic rings. The molecule has 0 amide bonds. The van der Waals surface area contributed by atoms with E-state index in [1.807, 2.05) is 59.8 Å². The normalized spacial score (nSPS) is 31.2. The van der Waals surface area contributed by atoms with Gasteiger partial charge in [0.05, 0.1) is 12.7 Å². The third kappa shape index (κ3) is 3.11. The number of ether oxygens (including phenoxy) is 3. The number of ketones is 2. The van der Waals surface area contributed by atoms with Gasteiger partial charge in [-0.05, 0) is 48.0 Å². The van der Waals surface area contributed by atoms with E-state index in [9.17, 15) is 14.7 Å². The van der Waals surface area contributed by atoms with Crippen molar-refractivity contribution < 1.29 is 28.9 Å². The molecule has 1 spiro atoms. The van der Waals surface area contributed by atoms with Crippen LogP contribution in [0.5, 0.6) is 17.2 Å². The number of fused-ring (bicyclic) bond motifs is 1. The number of carbonyl (C=O) groups is 2. The molecule has 2 heterocycles. The maximum Gasteiger partial charge on any atom is 0.213 e. The minimum Gasteiger partial charge on any atom is -0.507 e. The minimum absolute atomic E-state index is 0.0179. The number of rotatable bonds is 5. The van der Waals surface area contributed by atoms with Crippen LogP contribution in [0.3, 0.4) is 0 Å². The second-order valence-electron chi connectivity index (χ2n) is 11.4. The number of carbonyl (C=O) groups excluding carboxylic acids is 2. The summed E-state index contributed by atoms with van der Waals surface area (Å²) in [6.07, 6.45) is 7.11. The lowest BCUT2D eigenvalue weighted by atomic mass is 9.53. The fraction of sp³-hybridized carbons (Fsp3) is 0.517. The maximum atomic E-state index is 14.4. The SMILES string of the molecule is COc1cc(O)c(CC=C(C)C)c2c1C(=O)C1=C[C@@H]3[C@@H]4C[C@@]1(O2)C(=O)C3(CC=C(C)C)OC4(C)C. The molecule has 3 aliphatic carbocycles. The van der Waals surface area contributed by atoms with Gasteiger partial charge in [0.2, 0.25) is 11.6 Å². The van der Waals surface area contributed by atoms with Crippen molar-refractivity contribution in [1.29, 1.82) is 0 Å². The molecular formula is C29H34O6. The van der Waals surface area contributed by atoms with Gasteiger partial charge in [-0.3, -0.25) is 9.59 Å². The van der Waals surface area contributed by atoms with Gasteiger partial charge < -0.3 is 19.3 Å². The van der Waals surface area contributed by atoms with E-state index in [0.717, 1.165) is 11.1 Å². The zero-order valence-electron chi connectivity index (χ0n) is 21.6. The molecule has 1 aromatic carbocycles. The van der Waals surface area contributed by atoms with Crippen molar-refractivity contribution in [3.63, 3.8) is 0 Å². The van der Waals surface area contributed by atoms with E-state index in [0.29, 0.717) is 30.4 Å². The monoisotopic (exact) mass is 478 g/mol. The van der Waals surface area contributed by atoms with Gasteiger partial charge in [0.15, 0.2) is 5.60 Å². The van der Waals surface area contributed by atoms with Crippen molar-refractivity contribution in [2.45, 2.75) is 77.6 Å². The van der Waals surface area contributed by atoms with Gasteiger partial charge in [-0.1, -0.05) is 29.4 Å². The lowest BCUT2D eigenvalue weighted by Gasteiger charge is -2.53. The number of benzene rings is 1. The average Bonchev–Trinajstić information content (AvgIpc) is 2.97. The Labute approximate surface area is 206 Å². The number of phenols is 1. The first-order valence-corrected chi connectivity index (χ1v) is 12.3. The van der Waals surface area contributed by atoms with Crippen LogP contribution in [0.15, 0.2) is 41.0 Å². The Morgan fingerprint density at radius 2 is 1.86 bits per heavy atom. The zero-order chi connectivity index (χ0) is 25.5. The molecule has 4 atom stereocenters. The summed E-state index contributed by atoms with van der Waals surface area (Å²) in [7, 11) is 1.46. The van der Waals surface area contributed by atoms with Crippen LogP contribution in [0.25, 0.3) is 0 Å². The van der Waals surface area contributed by atoms with Crippen LogP contribution in [-0.4, -0.2) is 40.6 Å². The minimum atomic E-state index is -1.44. The fourth-order valence-corrected chi connectivity index (χ4v) is 6.47. The van der Waals surface area contributed by atoms with E-state index in [1.54, 1.807) is 0 Å². The lowest BCUT2D eigenvalue weighted by Crippen LogP contribution is -2.68. The number of phenolic OH excluding ortho intramolecular Hbond substituents is 1. The molecule has 6 nitrogen and oxygen atoms in total. The predicted octanol–water partition coefficient (Wildman–Crippen LogP) is 5.27. The molecule has 0 aromatic heterocycles. The lowest BCUT2D eigenvalue weighted by molar-refractivity contribution is -0.166. The van der Waals surface area contributed by atoms with Crippen molar-refractivity contribution in [3.8, 4) is 17.2 Å². The Morgan fingerprint density at radius 1 is 1.17 bits per heavy atom. The molecule has 1 saturated heterocycles. The molecule has 1 aromatic rings. The Balaban J connectivity index is 1.74. The molecule has 186 valence electrons. The number of hydrogen-bond acceptors (Lipinski definition) is 6. The number of allylic oxidation sites excluding steroid dienone is 3. The summed E-state index contributed by atoms with van der Waals surface area (Å²) in [5.41, 5.74) is 0.234. The van der Waals surface area contributed by atoms with Crippen LogP contribution in [0.1, 0.15) is 70.3 Å². The van der Waals surface area contributed by atoms with E-state index in [-0.39, 0.29) is 46.2 Å². The standard InChI is InChI=1S/C29H34O6/c1-15(2)8-9-17-21(30)13-22(33-7)23-24(31)19-12-18-20-14-29(19,34-25(17)23)26(32)28(18,11-10-16(3)4)35-27(20,5)6/h8,10,12-13,18,20,30H,9,11,14H2,1-7H3/t18-,20+,28?,29+/m1/s1. The molecule has 2 aliphatic heterocycles. The summed E-state index contributed by atoms with van der Waals surface area (Å²) < 4.78 is 18.7. The molecule has 6 rings (SSSR count). The first-order chi connectivity index (χ1) is 16.4. The van der Waals surface area contributed by atoms with Crippen molar-refractivity contribution >= 4 is 11.6 Å². The summed E-state index contributed by atoms with van der Waals surface area (Å²) in [6.45, 7) is 12.0. The van der Waals surface area contributed by atoms with Gasteiger partial charge in [-0.2, -0.15) is 0 Å². The highest BCUT2D eigenvalue weighted by atomic mass is 16.6. The summed E-state index contributed by atoms with van der Waals surface area (Å²) in [5, 5.41) is 10.9. The highest BCUT2D eigenvalue weighted by molar-refractivity contribution is 6.21. The average molecular weight is 479 g/mol. The number of Topliss-reactive ketones (excluding diaryl/α,β-unsaturated/α-hetero) is 2. The van der Waals surface area contributed by atoms with Gasteiger partial charge in [-0.15, -0.1) is 0 Å². The Bertz CT molecular complexity index is 1240. The van der Waals surface area contributed by atoms with E-state index < -0.39 is 16.8 Å². The van der Waals surface area contributed by atoms with Crippen LogP contribution in [0, 0.1) is 11.8 Å². The van der Waals surface area contributed by atoms with Crippen molar-refractivity contribution in [1.82, 2.24) is 0 Å². The van der Waals surface area contributed by atoms with Crippen LogP contribution in [-0.2, 0) is 16.0 Å². The number of methoxy groups -OCH3 is 1. The van der Waals surface area contributed by atoms with Crippen molar-refractivity contribution in [2.75, 3.05) is 7.11 Å². The van der Waals surface area contributed by atoms with Crippen LogP contribution < -0.4 is 9.47 Å². The molecule has 4 bridgehead atoms. The summed E-state index contributed by atoms with van der Waals surface area (Å²) in [5.74, 6) is -0.193. The zero-order valence-corrected chi connectivity index (χ0v) is 21.6. The van der Waals surface area contributed by atoms with E-state index in [2.05, 4.69) is 0 Å². The first-order valence-electron chi connectivity index (χ1n) is 12.3. The third-order valence-electron chi connectivity index (χ3n) is 8.17. The van der Waals surface area contributed by atoms with Crippen molar-refractivity contribution in [3.05, 3.63) is 52.1 Å². The summed E-state index contributed by atoms with van der Waals surface area (Å²) >= 11 is 0. The summed E-state index contributed by atoms with van der Waals surface area (Å²) in [4.78, 5) is 28.4. The smallest absolute Gasteiger partial charge is 0.213 e. The van der Waals surface area contributed by atoms with Crippen LogP contribution in [0.2, 0.25) is 0 Å². The van der Waals surface area contributed by atoms with E-state index in [4.69, 9.17) is 14.2 Å². The fourth-order valence-electron chi connectivity index (χ4n) is 6.47. The molecule has 1 saturated carbocycles. The number of hydrogen-bond donors (Lipinski definition) is 1. The van der Waals surface area contributed by atoms with Gasteiger partial charge in [0.1, 0.15) is 28.4 Å². The highest BCUT2D eigenvalue weighted by Gasteiger charge is 2.76. The quantitative estimate of drug-likeness (QED) is 0.581. The number of aromatic hydroxyl groups is 1. The van der Waals surface area contributed by atoms with Crippen molar-refractivity contribution in [2.24, 2.45) is 11.8 Å². The van der Waals surface area contributed by atoms with Crippen LogP contribution in [0.4, 0.5) is 0 Å². The van der Waals surface area contributed by atoms with Gasteiger partial charge in [-0.25, -0.2) is 0 Å². The Kier molecular flexibility index (Phi) is 5.16. The Hall–Kier alpha value is -2.86. The topological polar surface area (TPSA) is 82.1 Å².